The van der Waals surface area contributed by atoms with Crippen molar-refractivity contribution in [3.8, 4) is 6.07 Å². The van der Waals surface area contributed by atoms with Crippen LogP contribution in [0.25, 0.3) is 0 Å². The lowest BCUT2D eigenvalue weighted by atomic mass is 10.2. The summed E-state index contributed by atoms with van der Waals surface area (Å²) in [5.41, 5.74) is 0.544. The van der Waals surface area contributed by atoms with Crippen molar-refractivity contribution in [3.05, 3.63) is 54.1 Å². The van der Waals surface area contributed by atoms with Gasteiger partial charge in [0, 0.05) is 6.20 Å². The van der Waals surface area contributed by atoms with Gasteiger partial charge in [-0.3, -0.25) is 9.71 Å². The molecule has 1 N–H and O–H groups in total. The van der Waals surface area contributed by atoms with Crippen molar-refractivity contribution in [1.29, 1.82) is 5.26 Å². The van der Waals surface area contributed by atoms with Crippen molar-refractivity contribution in [2.45, 2.75) is 11.3 Å². The van der Waals surface area contributed by atoms with Gasteiger partial charge in [0.2, 0.25) is 0 Å². The Bertz CT molecular complexity index is 752. The minimum absolute atomic E-state index is 0.00426. The molecule has 0 radical (unpaired) electrons. The van der Waals surface area contributed by atoms with E-state index in [4.69, 9.17) is 5.26 Å². The molecule has 0 saturated carbocycles. The Morgan fingerprint density at radius 2 is 1.95 bits per heavy atom. The first-order chi connectivity index (χ1) is 9.53. The van der Waals surface area contributed by atoms with Crippen LogP contribution in [0.5, 0.6) is 0 Å². The number of anilines is 1. The van der Waals surface area contributed by atoms with Gasteiger partial charge in [0.05, 0.1) is 29.3 Å². The highest BCUT2D eigenvalue weighted by Gasteiger charge is 2.16. The van der Waals surface area contributed by atoms with Crippen LogP contribution < -0.4 is 4.72 Å². The molecule has 2 aromatic rings. The van der Waals surface area contributed by atoms with Gasteiger partial charge in [0.1, 0.15) is 0 Å². The fraction of sp³-hybridized carbons (Fsp3) is 0.0769. The Balaban J connectivity index is 2.27. The van der Waals surface area contributed by atoms with Gasteiger partial charge in [-0.2, -0.15) is 5.26 Å². The largest absolute Gasteiger partial charge is 0.277 e. The highest BCUT2D eigenvalue weighted by molar-refractivity contribution is 7.92. The first-order valence-electron chi connectivity index (χ1n) is 5.61. The van der Waals surface area contributed by atoms with Crippen LogP contribution in [0.1, 0.15) is 5.56 Å². The summed E-state index contributed by atoms with van der Waals surface area (Å²) in [6.07, 6.45) is 2.41. The predicted octanol–water partition coefficient (Wildman–Crippen LogP) is 2.09. The summed E-state index contributed by atoms with van der Waals surface area (Å²) in [4.78, 5) is 3.54. The summed E-state index contributed by atoms with van der Waals surface area (Å²) < 4.78 is 39.6. The van der Waals surface area contributed by atoms with Gasteiger partial charge < -0.3 is 0 Å². The SMILES string of the molecule is N#CCc1ccc(S(=O)(=O)Nc2ccncc2F)cc1. The molecule has 0 aliphatic carbocycles. The van der Waals surface area contributed by atoms with Crippen molar-refractivity contribution in [3.63, 3.8) is 0 Å². The van der Waals surface area contributed by atoms with Crippen LogP contribution in [0.2, 0.25) is 0 Å². The molecule has 1 aromatic carbocycles. The maximum Gasteiger partial charge on any atom is 0.261 e. The lowest BCUT2D eigenvalue weighted by Crippen LogP contribution is -2.14. The molecule has 1 aromatic heterocycles. The molecular weight excluding hydrogens is 281 g/mol. The first kappa shape index (κ1) is 14.0. The van der Waals surface area contributed by atoms with Crippen LogP contribution in [0.15, 0.2) is 47.6 Å². The van der Waals surface area contributed by atoms with Crippen molar-refractivity contribution < 1.29 is 12.8 Å². The fourth-order valence-corrected chi connectivity index (χ4v) is 2.61. The number of sulfonamides is 1. The molecule has 0 spiro atoms. The molecule has 102 valence electrons. The van der Waals surface area contributed by atoms with Gasteiger partial charge in [0.25, 0.3) is 10.0 Å². The van der Waals surface area contributed by atoms with Crippen molar-refractivity contribution >= 4 is 15.7 Å². The second kappa shape index (κ2) is 5.67. The average Bonchev–Trinajstić information content (AvgIpc) is 2.42. The number of nitrogens with zero attached hydrogens (tertiary/aromatic N) is 2. The van der Waals surface area contributed by atoms with E-state index in [9.17, 15) is 12.8 Å². The summed E-state index contributed by atoms with van der Waals surface area (Å²) >= 11 is 0. The molecule has 7 heteroatoms. The van der Waals surface area contributed by atoms with Crippen molar-refractivity contribution in [2.75, 3.05) is 4.72 Å². The summed E-state index contributed by atoms with van der Waals surface area (Å²) in [5, 5.41) is 8.55. The number of rotatable bonds is 4. The third-order valence-corrected chi connectivity index (χ3v) is 3.92. The van der Waals surface area contributed by atoms with Crippen LogP contribution in [0.4, 0.5) is 10.1 Å². The Morgan fingerprint density at radius 3 is 2.55 bits per heavy atom. The van der Waals surface area contributed by atoms with Crippen LogP contribution in [-0.4, -0.2) is 13.4 Å². The molecule has 20 heavy (non-hydrogen) atoms. The maximum atomic E-state index is 13.4. The highest BCUT2D eigenvalue weighted by atomic mass is 32.2. The second-order valence-corrected chi connectivity index (χ2v) is 5.62. The Morgan fingerprint density at radius 1 is 1.25 bits per heavy atom. The molecule has 1 heterocycles. The third-order valence-electron chi connectivity index (χ3n) is 2.53. The van der Waals surface area contributed by atoms with Gasteiger partial charge in [-0.1, -0.05) is 12.1 Å². The third kappa shape index (κ3) is 3.10. The normalized spacial score (nSPS) is 10.8. The highest BCUT2D eigenvalue weighted by Crippen LogP contribution is 2.18. The molecule has 0 aliphatic heterocycles. The number of hydrogen-bond donors (Lipinski definition) is 1. The number of nitriles is 1. The Labute approximate surface area is 115 Å². The number of pyridine rings is 1. The molecule has 0 bridgehead atoms. The van der Waals surface area contributed by atoms with E-state index in [1.54, 1.807) is 12.1 Å². The van der Waals surface area contributed by atoms with E-state index in [0.717, 1.165) is 6.20 Å². The van der Waals surface area contributed by atoms with Gasteiger partial charge >= 0.3 is 0 Å². The van der Waals surface area contributed by atoms with Crippen molar-refractivity contribution in [2.24, 2.45) is 0 Å². The Hall–Kier alpha value is -2.46. The summed E-state index contributed by atoms with van der Waals surface area (Å²) in [5.74, 6) is -0.753. The first-order valence-corrected chi connectivity index (χ1v) is 7.09. The van der Waals surface area contributed by atoms with E-state index >= 15 is 0 Å². The molecular formula is C13H10FN3O2S. The van der Waals surface area contributed by atoms with Gasteiger partial charge in [0.15, 0.2) is 5.82 Å². The van der Waals surface area contributed by atoms with E-state index < -0.39 is 15.8 Å². The summed E-state index contributed by atoms with van der Waals surface area (Å²) in [6.45, 7) is 0. The van der Waals surface area contributed by atoms with E-state index in [0.29, 0.717) is 5.56 Å². The van der Waals surface area contributed by atoms with Gasteiger partial charge in [-0.25, -0.2) is 12.8 Å². The minimum Gasteiger partial charge on any atom is -0.277 e. The number of benzene rings is 1. The van der Waals surface area contributed by atoms with Gasteiger partial charge in [-0.05, 0) is 23.8 Å². The zero-order valence-electron chi connectivity index (χ0n) is 10.2. The second-order valence-electron chi connectivity index (χ2n) is 3.94. The maximum absolute atomic E-state index is 13.4. The van der Waals surface area contributed by atoms with Crippen LogP contribution in [0, 0.1) is 17.1 Å². The smallest absolute Gasteiger partial charge is 0.261 e. The summed E-state index contributed by atoms with van der Waals surface area (Å²) in [7, 11) is -3.87. The molecule has 0 atom stereocenters. The van der Waals surface area contributed by atoms with E-state index in [1.807, 2.05) is 6.07 Å². The lowest BCUT2D eigenvalue weighted by Gasteiger charge is -2.08. The van der Waals surface area contributed by atoms with E-state index in [1.165, 1.54) is 24.4 Å². The van der Waals surface area contributed by atoms with E-state index in [-0.39, 0.29) is 17.0 Å². The summed E-state index contributed by atoms with van der Waals surface area (Å²) in [6, 6.07) is 9.02. The number of halogens is 1. The molecule has 5 nitrogen and oxygen atoms in total. The molecule has 0 fully saturated rings. The zero-order valence-corrected chi connectivity index (χ0v) is 11.1. The fourth-order valence-electron chi connectivity index (χ4n) is 1.54. The zero-order chi connectivity index (χ0) is 14.6. The monoisotopic (exact) mass is 291 g/mol. The topological polar surface area (TPSA) is 82.8 Å². The predicted molar refractivity (Wildman–Crippen MR) is 70.8 cm³/mol. The van der Waals surface area contributed by atoms with Crippen LogP contribution in [0.3, 0.4) is 0 Å². The molecule has 0 unspecified atom stereocenters. The molecule has 2 rings (SSSR count). The van der Waals surface area contributed by atoms with Crippen molar-refractivity contribution in [1.82, 2.24) is 4.98 Å². The standard InChI is InChI=1S/C13H10FN3O2S/c14-12-9-16-8-6-13(12)17-20(18,19)11-3-1-10(2-4-11)5-7-15/h1-4,6,8-9H,5H2,(H,16,17). The minimum atomic E-state index is -3.87. The lowest BCUT2D eigenvalue weighted by molar-refractivity contribution is 0.598. The Kier molecular flexibility index (Phi) is 3.96. The molecule has 0 saturated heterocycles. The van der Waals surface area contributed by atoms with E-state index in [2.05, 4.69) is 9.71 Å². The number of nitrogens with one attached hydrogen (secondary N) is 1. The molecule has 0 aliphatic rings. The molecule has 0 amide bonds. The number of aromatic nitrogens is 1. The quantitative estimate of drug-likeness (QED) is 0.935. The average molecular weight is 291 g/mol. The van der Waals surface area contributed by atoms with Crippen LogP contribution in [-0.2, 0) is 16.4 Å². The number of hydrogen-bond acceptors (Lipinski definition) is 4. The van der Waals surface area contributed by atoms with Gasteiger partial charge in [-0.15, -0.1) is 0 Å². The van der Waals surface area contributed by atoms with Crippen LogP contribution >= 0.6 is 0 Å².